The maximum Gasteiger partial charge on any atom is 0.136 e. The van der Waals surface area contributed by atoms with Gasteiger partial charge >= 0.3 is 0 Å². The van der Waals surface area contributed by atoms with E-state index in [0.717, 1.165) is 64.2 Å². The average molecular weight is 623 g/mol. The van der Waals surface area contributed by atoms with Gasteiger partial charge in [-0.3, -0.25) is 0 Å². The molecule has 0 aromatic heterocycles. The molecule has 2 aliphatic heterocycles. The van der Waals surface area contributed by atoms with Crippen molar-refractivity contribution >= 4 is 23.9 Å². The number of carbonyl (C=O) groups excluding carboxylic acids is 2. The van der Waals surface area contributed by atoms with E-state index in [0.29, 0.717) is 0 Å². The van der Waals surface area contributed by atoms with Gasteiger partial charge in [0.15, 0.2) is 0 Å². The standard InChI is InChI=1S/C30H36N2.2C5H9NO/c1-29(2)15-13-23-26(20-10-8-12-22(18-20)32-6)28-24(14-16-30(28,3)4)25(27(23)29)19-9-7-11-21(17-19)31-5;2*7-4-5-2-1-3-6-5/h7-12,17-18,31-32H,13-16H2,1-6H3;2*4-6H,1-3H2. The minimum absolute atomic E-state index is 0.167. The van der Waals surface area contributed by atoms with Crippen LogP contribution in [0.5, 0.6) is 0 Å². The van der Waals surface area contributed by atoms with E-state index < -0.39 is 0 Å². The summed E-state index contributed by atoms with van der Waals surface area (Å²) in [7, 11) is 4.03. The monoisotopic (exact) mass is 622 g/mol. The van der Waals surface area contributed by atoms with Crippen LogP contribution in [0.25, 0.3) is 22.3 Å². The van der Waals surface area contributed by atoms with Crippen molar-refractivity contribution in [2.75, 3.05) is 37.8 Å². The summed E-state index contributed by atoms with van der Waals surface area (Å²) in [5.74, 6) is 0. The number of anilines is 2. The van der Waals surface area contributed by atoms with Gasteiger partial charge in [-0.25, -0.2) is 0 Å². The zero-order valence-electron chi connectivity index (χ0n) is 28.8. The topological polar surface area (TPSA) is 82.3 Å². The molecular formula is C40H54N4O2. The second-order valence-electron chi connectivity index (χ2n) is 14.6. The smallest absolute Gasteiger partial charge is 0.136 e. The van der Waals surface area contributed by atoms with Crippen LogP contribution in [0.3, 0.4) is 0 Å². The Morgan fingerprint density at radius 1 is 0.674 bits per heavy atom. The van der Waals surface area contributed by atoms with Crippen LogP contribution in [0.1, 0.15) is 88.5 Å². The van der Waals surface area contributed by atoms with Gasteiger partial charge in [-0.05, 0) is 144 Å². The van der Waals surface area contributed by atoms with Crippen LogP contribution >= 0.6 is 0 Å². The Morgan fingerprint density at radius 3 is 1.39 bits per heavy atom. The van der Waals surface area contributed by atoms with Crippen molar-refractivity contribution in [1.29, 1.82) is 0 Å². The van der Waals surface area contributed by atoms with Crippen molar-refractivity contribution in [1.82, 2.24) is 10.6 Å². The molecule has 2 saturated heterocycles. The molecule has 2 fully saturated rings. The molecule has 0 saturated carbocycles. The van der Waals surface area contributed by atoms with Gasteiger partial charge in [0.25, 0.3) is 0 Å². The third-order valence-electron chi connectivity index (χ3n) is 10.5. The first-order valence-electron chi connectivity index (χ1n) is 17.3. The van der Waals surface area contributed by atoms with Crippen molar-refractivity contribution in [2.45, 2.75) is 102 Å². The predicted octanol–water partition coefficient (Wildman–Crippen LogP) is 7.43. The fraction of sp³-hybridized carbons (Fsp3) is 0.500. The molecule has 246 valence electrons. The fourth-order valence-corrected chi connectivity index (χ4v) is 7.93. The zero-order chi connectivity index (χ0) is 32.9. The van der Waals surface area contributed by atoms with Crippen molar-refractivity contribution in [2.24, 2.45) is 0 Å². The maximum atomic E-state index is 9.94. The molecule has 6 nitrogen and oxygen atoms in total. The molecule has 0 bridgehead atoms. The lowest BCUT2D eigenvalue weighted by Crippen LogP contribution is -2.21. The number of nitrogens with one attached hydrogen (secondary N) is 4. The molecular weight excluding hydrogens is 568 g/mol. The fourth-order valence-electron chi connectivity index (χ4n) is 7.93. The molecule has 4 aliphatic rings. The Bertz CT molecular complexity index is 1420. The van der Waals surface area contributed by atoms with Gasteiger partial charge in [0.1, 0.15) is 12.6 Å². The highest BCUT2D eigenvalue weighted by atomic mass is 16.1. The number of rotatable bonds is 6. The Balaban J connectivity index is 0.000000244. The van der Waals surface area contributed by atoms with Crippen LogP contribution in [0, 0.1) is 0 Å². The van der Waals surface area contributed by atoms with E-state index in [2.05, 4.69) is 97.5 Å². The molecule has 3 aromatic rings. The first kappa shape index (κ1) is 33.9. The van der Waals surface area contributed by atoms with Gasteiger partial charge < -0.3 is 30.9 Å². The summed E-state index contributed by atoms with van der Waals surface area (Å²) < 4.78 is 0. The molecule has 2 aliphatic carbocycles. The van der Waals surface area contributed by atoms with E-state index in [4.69, 9.17) is 0 Å². The molecule has 7 rings (SSSR count). The first-order valence-corrected chi connectivity index (χ1v) is 17.3. The second kappa shape index (κ2) is 14.5. The summed E-state index contributed by atoms with van der Waals surface area (Å²) in [6, 6.07) is 18.4. The third kappa shape index (κ3) is 7.08. The minimum Gasteiger partial charge on any atom is -0.388 e. The Morgan fingerprint density at radius 2 is 1.09 bits per heavy atom. The second-order valence-corrected chi connectivity index (χ2v) is 14.6. The molecule has 6 heteroatoms. The van der Waals surface area contributed by atoms with Gasteiger partial charge in [-0.2, -0.15) is 0 Å². The summed E-state index contributed by atoms with van der Waals surface area (Å²) in [5, 5.41) is 12.8. The highest BCUT2D eigenvalue weighted by Gasteiger charge is 2.43. The van der Waals surface area contributed by atoms with E-state index in [9.17, 15) is 9.59 Å². The number of benzene rings is 3. The number of fused-ring (bicyclic) bond motifs is 2. The first-order chi connectivity index (χ1) is 22.1. The van der Waals surface area contributed by atoms with E-state index >= 15 is 0 Å². The van der Waals surface area contributed by atoms with Gasteiger partial charge in [0, 0.05) is 25.5 Å². The SMILES string of the molecule is CNc1cccc(-c2c3c(c(-c4cccc(NC)c4)c4c2C(C)(C)CC4)C(C)(C)CC3)c1.O=CC1CCCN1.O=CC1CCCN1. The number of hydrogen-bond acceptors (Lipinski definition) is 6. The number of aldehydes is 2. The van der Waals surface area contributed by atoms with Gasteiger partial charge in [0.2, 0.25) is 0 Å². The van der Waals surface area contributed by atoms with Crippen molar-refractivity contribution in [3.63, 3.8) is 0 Å². The Labute approximate surface area is 276 Å². The van der Waals surface area contributed by atoms with Crippen LogP contribution in [0.4, 0.5) is 11.4 Å². The maximum absolute atomic E-state index is 9.94. The summed E-state index contributed by atoms with van der Waals surface area (Å²) in [6.45, 7) is 11.8. The van der Waals surface area contributed by atoms with E-state index in [-0.39, 0.29) is 22.9 Å². The number of hydrogen-bond donors (Lipinski definition) is 4. The molecule has 2 heterocycles. The highest BCUT2D eigenvalue weighted by molar-refractivity contribution is 5.88. The van der Waals surface area contributed by atoms with Gasteiger partial charge in [-0.15, -0.1) is 0 Å². The molecule has 2 atom stereocenters. The Kier molecular flexibility index (Phi) is 10.7. The summed E-state index contributed by atoms with van der Waals surface area (Å²) in [4.78, 5) is 19.9. The zero-order valence-corrected chi connectivity index (χ0v) is 28.8. The predicted molar refractivity (Wildman–Crippen MR) is 193 cm³/mol. The lowest BCUT2D eigenvalue weighted by atomic mass is 9.73. The highest BCUT2D eigenvalue weighted by Crippen LogP contribution is 2.56. The summed E-state index contributed by atoms with van der Waals surface area (Å²) >= 11 is 0. The van der Waals surface area contributed by atoms with Crippen LogP contribution in [-0.2, 0) is 33.3 Å². The van der Waals surface area contributed by atoms with Crippen LogP contribution in [-0.4, -0.2) is 51.8 Å². The van der Waals surface area contributed by atoms with Crippen molar-refractivity contribution in [3.8, 4) is 22.3 Å². The molecule has 4 N–H and O–H groups in total. The molecule has 46 heavy (non-hydrogen) atoms. The minimum atomic E-state index is 0.167. The van der Waals surface area contributed by atoms with E-state index in [1.807, 2.05) is 14.1 Å². The van der Waals surface area contributed by atoms with Gasteiger partial charge in [0.05, 0.1) is 12.1 Å². The summed E-state index contributed by atoms with van der Waals surface area (Å²) in [6.07, 6.45) is 11.1. The molecule has 0 radical (unpaired) electrons. The van der Waals surface area contributed by atoms with E-state index in [1.165, 1.54) is 46.5 Å². The van der Waals surface area contributed by atoms with Crippen LogP contribution in [0.2, 0.25) is 0 Å². The van der Waals surface area contributed by atoms with Crippen LogP contribution < -0.4 is 21.3 Å². The third-order valence-corrected chi connectivity index (χ3v) is 10.5. The van der Waals surface area contributed by atoms with Crippen LogP contribution in [0.15, 0.2) is 48.5 Å². The van der Waals surface area contributed by atoms with E-state index in [1.54, 1.807) is 22.3 Å². The number of carbonyl (C=O) groups is 2. The lowest BCUT2D eigenvalue weighted by molar-refractivity contribution is -0.109. The molecule has 3 aromatic carbocycles. The van der Waals surface area contributed by atoms with Crippen molar-refractivity contribution < 1.29 is 9.59 Å². The normalized spacial score (nSPS) is 21.6. The molecule has 0 amide bonds. The average Bonchev–Trinajstić information content (AvgIpc) is 3.89. The van der Waals surface area contributed by atoms with Crippen molar-refractivity contribution in [3.05, 3.63) is 70.8 Å². The quantitative estimate of drug-likeness (QED) is 0.214. The summed E-state index contributed by atoms with van der Waals surface area (Å²) in [5.41, 5.74) is 14.9. The largest absolute Gasteiger partial charge is 0.388 e. The van der Waals surface area contributed by atoms with Gasteiger partial charge in [-0.1, -0.05) is 52.0 Å². The molecule has 2 unspecified atom stereocenters. The molecule has 0 spiro atoms. The Hall–Kier alpha value is -3.48. The lowest BCUT2D eigenvalue weighted by Gasteiger charge is -2.30.